The van der Waals surface area contributed by atoms with Crippen LogP contribution in [0.3, 0.4) is 0 Å². The van der Waals surface area contributed by atoms with Gasteiger partial charge in [-0.2, -0.15) is 0 Å². The van der Waals surface area contributed by atoms with Crippen molar-refractivity contribution in [1.29, 1.82) is 0 Å². The summed E-state index contributed by atoms with van der Waals surface area (Å²) >= 11 is 6.01. The largest absolute Gasteiger partial charge is 0.325 e. The first-order chi connectivity index (χ1) is 11.9. The van der Waals surface area contributed by atoms with Gasteiger partial charge in [-0.05, 0) is 38.2 Å². The molecule has 0 aromatic heterocycles. The number of likely N-dealkylation sites (N-methyl/N-ethyl adjacent to an activating group) is 1. The molecule has 0 aliphatic rings. The smallest absolute Gasteiger partial charge is 0.238 e. The predicted octanol–water partition coefficient (Wildman–Crippen LogP) is 3.55. The molecule has 0 aliphatic heterocycles. The molecule has 0 saturated carbocycles. The van der Waals surface area contributed by atoms with Gasteiger partial charge in [-0.1, -0.05) is 41.4 Å². The summed E-state index contributed by atoms with van der Waals surface area (Å²) in [5.74, 6) is -0.253. The van der Waals surface area contributed by atoms with Gasteiger partial charge in [0.1, 0.15) is 0 Å². The zero-order valence-electron chi connectivity index (χ0n) is 14.4. The third-order valence-corrected chi connectivity index (χ3v) is 3.95. The second kappa shape index (κ2) is 9.20. The van der Waals surface area contributed by atoms with Crippen molar-refractivity contribution in [3.05, 3.63) is 59.1 Å². The van der Waals surface area contributed by atoms with Crippen LogP contribution < -0.4 is 10.6 Å². The van der Waals surface area contributed by atoms with E-state index in [1.54, 1.807) is 30.1 Å². The zero-order chi connectivity index (χ0) is 18.2. The van der Waals surface area contributed by atoms with E-state index in [0.29, 0.717) is 17.3 Å². The molecule has 2 amide bonds. The number of para-hydroxylation sites is 1. The molecule has 0 spiro atoms. The topological polar surface area (TPSA) is 61.4 Å². The monoisotopic (exact) mass is 359 g/mol. The molecule has 0 atom stereocenters. The molecule has 0 fully saturated rings. The van der Waals surface area contributed by atoms with Crippen LogP contribution in [-0.4, -0.2) is 36.9 Å². The Kier molecular flexibility index (Phi) is 6.98. The molecule has 2 rings (SSSR count). The fourth-order valence-electron chi connectivity index (χ4n) is 2.23. The third-order valence-electron chi connectivity index (χ3n) is 3.62. The normalized spacial score (nSPS) is 10.6. The van der Waals surface area contributed by atoms with Gasteiger partial charge in [-0.15, -0.1) is 0 Å². The number of amides is 2. The second-order valence-corrected chi connectivity index (χ2v) is 6.34. The van der Waals surface area contributed by atoms with Gasteiger partial charge >= 0.3 is 0 Å². The van der Waals surface area contributed by atoms with E-state index in [4.69, 9.17) is 11.6 Å². The molecule has 0 radical (unpaired) electrons. The highest BCUT2D eigenvalue weighted by Gasteiger charge is 2.10. The highest BCUT2D eigenvalue weighted by Crippen LogP contribution is 2.20. The number of carbonyl (C=O) groups excluding carboxylic acids is 2. The Morgan fingerprint density at radius 1 is 1.00 bits per heavy atom. The summed E-state index contributed by atoms with van der Waals surface area (Å²) in [6, 6.07) is 14.7. The van der Waals surface area contributed by atoms with Crippen molar-refractivity contribution in [2.45, 2.75) is 13.3 Å². The van der Waals surface area contributed by atoms with E-state index in [1.165, 1.54) is 0 Å². The van der Waals surface area contributed by atoms with Crippen LogP contribution in [0, 0.1) is 6.92 Å². The van der Waals surface area contributed by atoms with Crippen molar-refractivity contribution in [1.82, 2.24) is 4.90 Å². The Morgan fingerprint density at radius 2 is 1.68 bits per heavy atom. The second-order valence-electron chi connectivity index (χ2n) is 5.93. The van der Waals surface area contributed by atoms with Gasteiger partial charge in [-0.3, -0.25) is 14.5 Å². The molecule has 2 N–H and O–H groups in total. The van der Waals surface area contributed by atoms with Gasteiger partial charge < -0.3 is 10.6 Å². The molecule has 0 unspecified atom stereocenters. The number of nitrogens with zero attached hydrogens (tertiary/aromatic N) is 1. The first-order valence-electron chi connectivity index (χ1n) is 8.03. The van der Waals surface area contributed by atoms with Crippen LogP contribution in [0.25, 0.3) is 0 Å². The van der Waals surface area contributed by atoms with E-state index in [2.05, 4.69) is 10.6 Å². The molecule has 0 heterocycles. The minimum atomic E-state index is -0.140. The molecule has 0 saturated heterocycles. The minimum Gasteiger partial charge on any atom is -0.325 e. The highest BCUT2D eigenvalue weighted by molar-refractivity contribution is 6.33. The summed E-state index contributed by atoms with van der Waals surface area (Å²) in [6.07, 6.45) is 0.277. The van der Waals surface area contributed by atoms with Crippen molar-refractivity contribution >= 4 is 34.8 Å². The van der Waals surface area contributed by atoms with E-state index in [0.717, 1.165) is 11.3 Å². The van der Waals surface area contributed by atoms with Gasteiger partial charge in [-0.25, -0.2) is 0 Å². The SMILES string of the molecule is Cc1ccc(NC(=O)CN(C)CCC(=O)Nc2ccccc2Cl)cc1. The van der Waals surface area contributed by atoms with E-state index >= 15 is 0 Å². The average molecular weight is 360 g/mol. The van der Waals surface area contributed by atoms with Gasteiger partial charge in [0.05, 0.1) is 17.3 Å². The van der Waals surface area contributed by atoms with E-state index in [1.807, 2.05) is 37.3 Å². The van der Waals surface area contributed by atoms with E-state index in [9.17, 15) is 9.59 Å². The first-order valence-corrected chi connectivity index (χ1v) is 8.41. The quantitative estimate of drug-likeness (QED) is 0.794. The Morgan fingerprint density at radius 3 is 2.36 bits per heavy atom. The minimum absolute atomic E-state index is 0.113. The Bertz CT molecular complexity index is 732. The molecular formula is C19H22ClN3O2. The number of aryl methyl sites for hydroxylation is 1. The summed E-state index contributed by atoms with van der Waals surface area (Å²) < 4.78 is 0. The molecule has 5 nitrogen and oxygen atoms in total. The number of halogens is 1. The van der Waals surface area contributed by atoms with E-state index in [-0.39, 0.29) is 24.8 Å². The predicted molar refractivity (Wildman–Crippen MR) is 102 cm³/mol. The van der Waals surface area contributed by atoms with Gasteiger partial charge in [0.25, 0.3) is 0 Å². The van der Waals surface area contributed by atoms with Crippen LogP contribution in [0.1, 0.15) is 12.0 Å². The number of carbonyl (C=O) groups is 2. The van der Waals surface area contributed by atoms with Crippen molar-refractivity contribution in [3.8, 4) is 0 Å². The first kappa shape index (κ1) is 19.0. The average Bonchev–Trinajstić information content (AvgIpc) is 2.57. The number of nitrogens with one attached hydrogen (secondary N) is 2. The van der Waals surface area contributed by atoms with Crippen LogP contribution in [-0.2, 0) is 9.59 Å². The molecule has 0 aliphatic carbocycles. The molecule has 25 heavy (non-hydrogen) atoms. The van der Waals surface area contributed by atoms with Crippen molar-refractivity contribution < 1.29 is 9.59 Å². The summed E-state index contributed by atoms with van der Waals surface area (Å²) in [5, 5.41) is 6.10. The summed E-state index contributed by atoms with van der Waals surface area (Å²) in [7, 11) is 1.80. The maximum atomic E-state index is 12.0. The number of anilines is 2. The lowest BCUT2D eigenvalue weighted by atomic mass is 10.2. The number of hydrogen-bond donors (Lipinski definition) is 2. The summed E-state index contributed by atoms with van der Waals surface area (Å²) in [5.41, 5.74) is 2.49. The van der Waals surface area contributed by atoms with Crippen LogP contribution in [0.15, 0.2) is 48.5 Å². The Labute approximate surface area is 153 Å². The summed E-state index contributed by atoms with van der Waals surface area (Å²) in [4.78, 5) is 25.8. The van der Waals surface area contributed by atoms with Crippen LogP contribution >= 0.6 is 11.6 Å². The lowest BCUT2D eigenvalue weighted by molar-refractivity contribution is -0.119. The Balaban J connectivity index is 1.73. The maximum absolute atomic E-state index is 12.0. The zero-order valence-corrected chi connectivity index (χ0v) is 15.1. The lowest BCUT2D eigenvalue weighted by Gasteiger charge is -2.16. The summed E-state index contributed by atoms with van der Waals surface area (Å²) in [6.45, 7) is 2.68. The standard InChI is InChI=1S/C19H22ClN3O2/c1-14-7-9-15(10-8-14)21-19(25)13-23(2)12-11-18(24)22-17-6-4-3-5-16(17)20/h3-10H,11-13H2,1-2H3,(H,21,25)(H,22,24). The molecule has 132 valence electrons. The molecule has 6 heteroatoms. The number of benzene rings is 2. The molecule has 2 aromatic rings. The van der Waals surface area contributed by atoms with Gasteiger partial charge in [0.15, 0.2) is 0 Å². The van der Waals surface area contributed by atoms with Crippen LogP contribution in [0.4, 0.5) is 11.4 Å². The molecule has 0 bridgehead atoms. The van der Waals surface area contributed by atoms with Crippen LogP contribution in [0.2, 0.25) is 5.02 Å². The fourth-order valence-corrected chi connectivity index (χ4v) is 2.41. The lowest BCUT2D eigenvalue weighted by Crippen LogP contribution is -2.32. The van der Waals surface area contributed by atoms with Gasteiger partial charge in [0, 0.05) is 18.7 Å². The number of hydrogen-bond acceptors (Lipinski definition) is 3. The molecule has 2 aromatic carbocycles. The fraction of sp³-hybridized carbons (Fsp3) is 0.263. The molecular weight excluding hydrogens is 338 g/mol. The maximum Gasteiger partial charge on any atom is 0.238 e. The van der Waals surface area contributed by atoms with Crippen molar-refractivity contribution in [2.75, 3.05) is 30.8 Å². The number of rotatable bonds is 7. The third kappa shape index (κ3) is 6.57. The van der Waals surface area contributed by atoms with Crippen molar-refractivity contribution in [3.63, 3.8) is 0 Å². The van der Waals surface area contributed by atoms with Crippen LogP contribution in [0.5, 0.6) is 0 Å². The van der Waals surface area contributed by atoms with Crippen molar-refractivity contribution in [2.24, 2.45) is 0 Å². The van der Waals surface area contributed by atoms with E-state index < -0.39 is 0 Å². The Hall–Kier alpha value is -2.37. The van der Waals surface area contributed by atoms with Gasteiger partial charge in [0.2, 0.25) is 11.8 Å². The highest BCUT2D eigenvalue weighted by atomic mass is 35.5.